The van der Waals surface area contributed by atoms with Gasteiger partial charge in [-0.15, -0.1) is 0 Å². The Bertz CT molecular complexity index is 2840. The van der Waals surface area contributed by atoms with E-state index in [9.17, 15) is 0 Å². The first-order valence-electron chi connectivity index (χ1n) is 18.6. The zero-order chi connectivity index (χ0) is 35.6. The Morgan fingerprint density at radius 2 is 1.04 bits per heavy atom. The maximum absolute atomic E-state index is 4.44. The Balaban J connectivity index is 1.07. The first-order chi connectivity index (χ1) is 26.8. The third-order valence-electron chi connectivity index (χ3n) is 11.5. The van der Waals surface area contributed by atoms with Gasteiger partial charge in [0.2, 0.25) is 0 Å². The largest absolute Gasteiger partial charge is 0.309 e. The van der Waals surface area contributed by atoms with Crippen LogP contribution in [-0.2, 0) is 5.41 Å². The van der Waals surface area contributed by atoms with Crippen LogP contribution in [0.25, 0.3) is 55.3 Å². The molecule has 2 aliphatic carbocycles. The highest BCUT2D eigenvalue weighted by atomic mass is 15.1. The molecule has 2 aliphatic rings. The van der Waals surface area contributed by atoms with Crippen LogP contribution in [0.2, 0.25) is 0 Å². The van der Waals surface area contributed by atoms with Crippen LogP contribution in [0.1, 0.15) is 22.3 Å². The van der Waals surface area contributed by atoms with Crippen molar-refractivity contribution in [2.24, 2.45) is 0 Å². The Hall–Kier alpha value is -7.03. The van der Waals surface area contributed by atoms with Gasteiger partial charge in [0, 0.05) is 17.6 Å². The number of anilines is 3. The van der Waals surface area contributed by atoms with Crippen molar-refractivity contribution < 1.29 is 0 Å². The molecule has 0 saturated heterocycles. The third-order valence-corrected chi connectivity index (χ3v) is 11.5. The summed E-state index contributed by atoms with van der Waals surface area (Å²) < 4.78 is 0. The number of benzene rings is 8. The predicted octanol–water partition coefficient (Wildman–Crippen LogP) is 13.4. The number of fused-ring (bicyclic) bond motifs is 12. The van der Waals surface area contributed by atoms with Gasteiger partial charge in [0.05, 0.1) is 17.3 Å². The molecule has 54 heavy (non-hydrogen) atoms. The zero-order valence-electron chi connectivity index (χ0n) is 29.5. The summed E-state index contributed by atoms with van der Waals surface area (Å²) in [6, 6.07) is 71.2. The maximum Gasteiger partial charge on any atom is 0.0731 e. The van der Waals surface area contributed by atoms with Gasteiger partial charge >= 0.3 is 0 Å². The van der Waals surface area contributed by atoms with Gasteiger partial charge in [0.15, 0.2) is 0 Å². The van der Waals surface area contributed by atoms with E-state index in [1.165, 1.54) is 72.0 Å². The summed E-state index contributed by atoms with van der Waals surface area (Å²) in [5.74, 6) is 0. The minimum atomic E-state index is -0.432. The van der Waals surface area contributed by atoms with E-state index in [1.54, 1.807) is 0 Å². The first kappa shape index (κ1) is 30.6. The van der Waals surface area contributed by atoms with E-state index in [4.69, 9.17) is 0 Å². The smallest absolute Gasteiger partial charge is 0.0731 e. The van der Waals surface area contributed by atoms with Crippen molar-refractivity contribution in [2.45, 2.75) is 5.41 Å². The van der Waals surface area contributed by atoms with Crippen LogP contribution in [-0.4, -0.2) is 4.98 Å². The van der Waals surface area contributed by atoms with Gasteiger partial charge in [0.1, 0.15) is 0 Å². The van der Waals surface area contributed by atoms with Gasteiger partial charge in [-0.1, -0.05) is 158 Å². The fourth-order valence-corrected chi connectivity index (χ4v) is 9.39. The van der Waals surface area contributed by atoms with Gasteiger partial charge in [-0.25, -0.2) is 0 Å². The molecule has 11 rings (SSSR count). The first-order valence-corrected chi connectivity index (χ1v) is 18.6. The molecule has 8 aromatic carbocycles. The molecule has 2 nitrogen and oxygen atoms in total. The van der Waals surface area contributed by atoms with Gasteiger partial charge in [0.25, 0.3) is 0 Å². The van der Waals surface area contributed by atoms with Crippen molar-refractivity contribution in [3.63, 3.8) is 0 Å². The Morgan fingerprint density at radius 3 is 1.87 bits per heavy atom. The maximum atomic E-state index is 4.44. The van der Waals surface area contributed by atoms with Crippen LogP contribution in [0.5, 0.6) is 0 Å². The van der Waals surface area contributed by atoms with Crippen LogP contribution < -0.4 is 4.90 Å². The molecule has 0 bridgehead atoms. The highest BCUT2D eigenvalue weighted by Crippen LogP contribution is 2.65. The lowest BCUT2D eigenvalue weighted by Crippen LogP contribution is -2.26. The van der Waals surface area contributed by atoms with E-state index in [-0.39, 0.29) is 0 Å². The SMILES string of the molecule is c1ccc(N(c2cccnc2)c2cccc(-c3ccc(-c4cccc5c4C4(c6ccccc6-5)c5ccccc5-c5c4ccc4ccccc54)cc3)c2)cc1. The normalized spacial score (nSPS) is 14.7. The van der Waals surface area contributed by atoms with Crippen LogP contribution in [0.15, 0.2) is 207 Å². The topological polar surface area (TPSA) is 16.1 Å². The second kappa shape index (κ2) is 12.0. The van der Waals surface area contributed by atoms with Crippen LogP contribution in [0, 0.1) is 0 Å². The molecule has 9 aromatic rings. The van der Waals surface area contributed by atoms with E-state index < -0.39 is 5.41 Å². The van der Waals surface area contributed by atoms with Gasteiger partial charge < -0.3 is 4.90 Å². The van der Waals surface area contributed by atoms with Crippen molar-refractivity contribution in [3.05, 3.63) is 229 Å². The molecule has 0 aliphatic heterocycles. The zero-order valence-corrected chi connectivity index (χ0v) is 29.5. The van der Waals surface area contributed by atoms with E-state index in [2.05, 4.69) is 198 Å². The number of hydrogen-bond acceptors (Lipinski definition) is 2. The fourth-order valence-electron chi connectivity index (χ4n) is 9.39. The monoisotopic (exact) mass is 686 g/mol. The highest BCUT2D eigenvalue weighted by Gasteiger charge is 2.53. The van der Waals surface area contributed by atoms with Crippen molar-refractivity contribution in [1.29, 1.82) is 0 Å². The summed E-state index contributed by atoms with van der Waals surface area (Å²) in [6.07, 6.45) is 3.74. The fraction of sp³-hybridized carbons (Fsp3) is 0.0192. The standard InChI is InChI=1S/C52H34N2/c1-2-15-39(16-3-1)54(41-18-12-32-53-34-41)40-17-10-14-38(33-40)35-26-28-37(29-27-35)43-22-11-23-45-44-20-6-8-24-47(44)52(51(43)45)48-25-9-7-21-46(48)50-42-19-5-4-13-36(42)30-31-49(50)52/h1-34H. The van der Waals surface area contributed by atoms with E-state index >= 15 is 0 Å². The number of hydrogen-bond donors (Lipinski definition) is 0. The van der Waals surface area contributed by atoms with Gasteiger partial charge in [-0.3, -0.25) is 4.98 Å². The summed E-state index contributed by atoms with van der Waals surface area (Å²) in [7, 11) is 0. The molecule has 1 aromatic heterocycles. The van der Waals surface area contributed by atoms with Crippen molar-refractivity contribution in [1.82, 2.24) is 4.98 Å². The molecule has 2 heteroatoms. The number of para-hydroxylation sites is 1. The molecule has 0 saturated carbocycles. The molecule has 0 radical (unpaired) electrons. The van der Waals surface area contributed by atoms with Crippen LogP contribution in [0.4, 0.5) is 17.1 Å². The minimum Gasteiger partial charge on any atom is -0.309 e. The molecule has 1 spiro atoms. The summed E-state index contributed by atoms with van der Waals surface area (Å²) >= 11 is 0. The van der Waals surface area contributed by atoms with Crippen LogP contribution >= 0.6 is 0 Å². The average Bonchev–Trinajstić information content (AvgIpc) is 3.72. The number of rotatable bonds is 5. The molecule has 0 fully saturated rings. The van der Waals surface area contributed by atoms with E-state index in [1.807, 2.05) is 18.5 Å². The van der Waals surface area contributed by atoms with Crippen molar-refractivity contribution in [3.8, 4) is 44.5 Å². The highest BCUT2D eigenvalue weighted by molar-refractivity contribution is 6.07. The molecular formula is C52H34N2. The lowest BCUT2D eigenvalue weighted by atomic mass is 9.68. The molecule has 1 heterocycles. The molecule has 0 amide bonds. The molecule has 1 atom stereocenters. The number of pyridine rings is 1. The van der Waals surface area contributed by atoms with E-state index in [0.717, 1.165) is 22.6 Å². The van der Waals surface area contributed by atoms with Gasteiger partial charge in [-0.2, -0.15) is 0 Å². The quantitative estimate of drug-likeness (QED) is 0.179. The van der Waals surface area contributed by atoms with Crippen molar-refractivity contribution >= 4 is 27.8 Å². The summed E-state index contributed by atoms with van der Waals surface area (Å²) in [5, 5.41) is 2.58. The second-order valence-electron chi connectivity index (χ2n) is 14.3. The van der Waals surface area contributed by atoms with Gasteiger partial charge in [-0.05, 0) is 114 Å². The number of nitrogens with zero attached hydrogens (tertiary/aromatic N) is 2. The second-order valence-corrected chi connectivity index (χ2v) is 14.3. The summed E-state index contributed by atoms with van der Waals surface area (Å²) in [5.41, 5.74) is 18.4. The van der Waals surface area contributed by atoms with E-state index in [0.29, 0.717) is 0 Å². The summed E-state index contributed by atoms with van der Waals surface area (Å²) in [6.45, 7) is 0. The summed E-state index contributed by atoms with van der Waals surface area (Å²) in [4.78, 5) is 6.70. The lowest BCUT2D eigenvalue weighted by molar-refractivity contribution is 0.796. The Labute approximate surface area is 315 Å². The van der Waals surface area contributed by atoms with Crippen LogP contribution in [0.3, 0.4) is 0 Å². The predicted molar refractivity (Wildman–Crippen MR) is 224 cm³/mol. The third kappa shape index (κ3) is 4.38. The van der Waals surface area contributed by atoms with Crippen molar-refractivity contribution in [2.75, 3.05) is 4.90 Å². The lowest BCUT2D eigenvalue weighted by Gasteiger charge is -2.32. The Morgan fingerprint density at radius 1 is 0.389 bits per heavy atom. The number of aromatic nitrogens is 1. The molecule has 0 N–H and O–H groups in total. The minimum absolute atomic E-state index is 0.432. The molecular weight excluding hydrogens is 653 g/mol. The Kier molecular flexibility index (Phi) is 6.80. The average molecular weight is 687 g/mol. The molecule has 1 unspecified atom stereocenters. The molecule has 252 valence electrons.